The first-order valence-corrected chi connectivity index (χ1v) is 7.95. The number of anilines is 1. The summed E-state index contributed by atoms with van der Waals surface area (Å²) >= 11 is 0. The summed E-state index contributed by atoms with van der Waals surface area (Å²) in [6, 6.07) is 4.82. The molecule has 1 aromatic carbocycles. The Morgan fingerprint density at radius 2 is 2.12 bits per heavy atom. The number of aromatic nitrogens is 4. The number of nitrogens with zero attached hydrogens (tertiary/aromatic N) is 2. The van der Waals surface area contributed by atoms with Crippen LogP contribution in [0.1, 0.15) is 18.2 Å². The molecule has 0 aliphatic carbocycles. The zero-order chi connectivity index (χ0) is 17.7. The molecule has 0 saturated heterocycles. The molecule has 0 bridgehead atoms. The van der Waals surface area contributed by atoms with Gasteiger partial charge in [-0.15, -0.1) is 0 Å². The minimum absolute atomic E-state index is 0.0556. The fraction of sp³-hybridized carbons (Fsp3) is 0.167. The highest BCUT2D eigenvalue weighted by molar-refractivity contribution is 6.06. The van der Waals surface area contributed by atoms with E-state index in [-0.39, 0.29) is 11.2 Å². The van der Waals surface area contributed by atoms with Gasteiger partial charge in [0.2, 0.25) is 0 Å². The van der Waals surface area contributed by atoms with Crippen molar-refractivity contribution in [3.05, 3.63) is 51.8 Å². The summed E-state index contributed by atoms with van der Waals surface area (Å²) in [6.45, 7) is 3.97. The Kier molecular flexibility index (Phi) is 3.31. The topological polar surface area (TPSA) is 100 Å². The Morgan fingerprint density at radius 3 is 2.88 bits per heavy atom. The molecule has 0 unspecified atom stereocenters. The molecule has 4 rings (SSSR count). The van der Waals surface area contributed by atoms with E-state index in [2.05, 4.69) is 15.2 Å². The highest BCUT2D eigenvalue weighted by atomic mass is 19.1. The number of nitrogens with one attached hydrogen (secondary N) is 2. The van der Waals surface area contributed by atoms with E-state index in [0.29, 0.717) is 27.5 Å². The fourth-order valence-electron chi connectivity index (χ4n) is 3.22. The number of aryl methyl sites for hydroxylation is 2. The number of nitrogens with two attached hydrogens (primary N) is 1. The van der Waals surface area contributed by atoms with E-state index in [1.807, 2.05) is 19.9 Å². The molecular weight excluding hydrogens is 321 g/mol. The highest BCUT2D eigenvalue weighted by Crippen LogP contribution is 2.35. The maximum absolute atomic E-state index is 14.0. The molecule has 4 aromatic rings. The normalized spacial score (nSPS) is 11.5. The number of rotatable bonds is 2. The third-order valence-electron chi connectivity index (χ3n) is 4.49. The maximum Gasteiger partial charge on any atom is 0.272 e. The number of H-pyrrole nitrogens is 2. The zero-order valence-corrected chi connectivity index (χ0v) is 13.8. The van der Waals surface area contributed by atoms with Crippen molar-refractivity contribution in [2.75, 3.05) is 5.73 Å². The summed E-state index contributed by atoms with van der Waals surface area (Å²) < 4.78 is 14.0. The predicted molar refractivity (Wildman–Crippen MR) is 95.9 cm³/mol. The average Bonchev–Trinajstić information content (AvgIpc) is 3.08. The molecular formula is C18H16FN5O. The van der Waals surface area contributed by atoms with Crippen LogP contribution in [0.2, 0.25) is 0 Å². The molecule has 3 heterocycles. The second-order valence-electron chi connectivity index (χ2n) is 6.00. The second-order valence-corrected chi connectivity index (χ2v) is 6.00. The SMILES string of the molecule is CCc1nc2c(-c3ccc(F)c4[nH]ncc34)c(N)c(=O)[nH]c2cc1C. The van der Waals surface area contributed by atoms with Gasteiger partial charge < -0.3 is 10.7 Å². The van der Waals surface area contributed by atoms with Crippen LogP contribution < -0.4 is 11.3 Å². The molecule has 0 aliphatic rings. The van der Waals surface area contributed by atoms with Gasteiger partial charge >= 0.3 is 0 Å². The van der Waals surface area contributed by atoms with Gasteiger partial charge in [0.25, 0.3) is 5.56 Å². The van der Waals surface area contributed by atoms with Crippen LogP contribution in [0.5, 0.6) is 0 Å². The summed E-state index contributed by atoms with van der Waals surface area (Å²) in [6.07, 6.45) is 2.28. The van der Waals surface area contributed by atoms with Gasteiger partial charge in [-0.1, -0.05) is 13.0 Å². The van der Waals surface area contributed by atoms with E-state index in [9.17, 15) is 9.18 Å². The van der Waals surface area contributed by atoms with Crippen molar-refractivity contribution >= 4 is 27.6 Å². The van der Waals surface area contributed by atoms with Gasteiger partial charge in [-0.25, -0.2) is 4.39 Å². The molecule has 0 aliphatic heterocycles. The van der Waals surface area contributed by atoms with Crippen molar-refractivity contribution in [3.63, 3.8) is 0 Å². The van der Waals surface area contributed by atoms with E-state index in [0.717, 1.165) is 17.7 Å². The molecule has 0 saturated carbocycles. The molecule has 126 valence electrons. The molecule has 0 amide bonds. The van der Waals surface area contributed by atoms with Crippen LogP contribution in [0.3, 0.4) is 0 Å². The molecule has 6 nitrogen and oxygen atoms in total. The van der Waals surface area contributed by atoms with Crippen LogP contribution >= 0.6 is 0 Å². The quantitative estimate of drug-likeness (QED) is 0.523. The average molecular weight is 337 g/mol. The van der Waals surface area contributed by atoms with E-state index < -0.39 is 11.4 Å². The number of hydrogen-bond acceptors (Lipinski definition) is 4. The third kappa shape index (κ3) is 2.20. The van der Waals surface area contributed by atoms with Crippen molar-refractivity contribution in [3.8, 4) is 11.1 Å². The summed E-state index contributed by atoms with van der Waals surface area (Å²) in [5, 5.41) is 7.11. The molecule has 7 heteroatoms. The molecule has 0 atom stereocenters. The fourth-order valence-corrected chi connectivity index (χ4v) is 3.22. The van der Waals surface area contributed by atoms with Crippen molar-refractivity contribution in [2.24, 2.45) is 0 Å². The van der Waals surface area contributed by atoms with E-state index in [4.69, 9.17) is 10.7 Å². The largest absolute Gasteiger partial charge is 0.394 e. The second kappa shape index (κ2) is 5.41. The van der Waals surface area contributed by atoms with Crippen molar-refractivity contribution in [1.29, 1.82) is 0 Å². The lowest BCUT2D eigenvalue weighted by Crippen LogP contribution is -2.14. The number of halogens is 1. The molecule has 4 N–H and O–H groups in total. The standard InChI is InChI=1S/C18H16FN5O/c1-3-12-8(2)6-13-17(22-12)14(15(20)18(25)23-13)9-4-5-11(19)16-10(9)7-21-24-16/h4-7H,3,20H2,1-2H3,(H,21,24)(H,23,25). The van der Waals surface area contributed by atoms with Crippen LogP contribution in [0.25, 0.3) is 33.1 Å². The van der Waals surface area contributed by atoms with Crippen LogP contribution in [0, 0.1) is 12.7 Å². The van der Waals surface area contributed by atoms with Crippen molar-refractivity contribution in [1.82, 2.24) is 20.2 Å². The van der Waals surface area contributed by atoms with Gasteiger partial charge in [-0.05, 0) is 36.6 Å². The summed E-state index contributed by atoms with van der Waals surface area (Å²) in [5.41, 5.74) is 10.3. The first kappa shape index (κ1) is 15.3. The monoisotopic (exact) mass is 337 g/mol. The molecule has 3 aromatic heterocycles. The Hall–Kier alpha value is -3.22. The van der Waals surface area contributed by atoms with Gasteiger partial charge in [0, 0.05) is 16.6 Å². The van der Waals surface area contributed by atoms with E-state index >= 15 is 0 Å². The summed E-state index contributed by atoms with van der Waals surface area (Å²) in [5.74, 6) is -0.415. The number of pyridine rings is 2. The Bertz CT molecular complexity index is 1190. The third-order valence-corrected chi connectivity index (χ3v) is 4.49. The van der Waals surface area contributed by atoms with Gasteiger partial charge in [-0.2, -0.15) is 5.10 Å². The molecule has 0 fully saturated rings. The van der Waals surface area contributed by atoms with Gasteiger partial charge in [-0.3, -0.25) is 14.9 Å². The lowest BCUT2D eigenvalue weighted by atomic mass is 9.98. The molecule has 25 heavy (non-hydrogen) atoms. The van der Waals surface area contributed by atoms with Crippen LogP contribution in [0.15, 0.2) is 29.2 Å². The minimum atomic E-state index is -0.415. The lowest BCUT2D eigenvalue weighted by molar-refractivity contribution is 0.636. The predicted octanol–water partition coefficient (Wildman–Crippen LogP) is 3.06. The first-order valence-electron chi connectivity index (χ1n) is 7.95. The summed E-state index contributed by atoms with van der Waals surface area (Å²) in [7, 11) is 0. The number of aromatic amines is 2. The van der Waals surface area contributed by atoms with Crippen LogP contribution in [0.4, 0.5) is 10.1 Å². The van der Waals surface area contributed by atoms with E-state index in [1.165, 1.54) is 12.3 Å². The minimum Gasteiger partial charge on any atom is -0.394 e. The van der Waals surface area contributed by atoms with Gasteiger partial charge in [0.15, 0.2) is 0 Å². The zero-order valence-electron chi connectivity index (χ0n) is 13.8. The van der Waals surface area contributed by atoms with Gasteiger partial charge in [0.1, 0.15) is 17.0 Å². The van der Waals surface area contributed by atoms with Gasteiger partial charge in [0.05, 0.1) is 17.2 Å². The number of nitrogen functional groups attached to an aromatic ring is 1. The van der Waals surface area contributed by atoms with Crippen LogP contribution in [-0.2, 0) is 6.42 Å². The smallest absolute Gasteiger partial charge is 0.272 e. The first-order chi connectivity index (χ1) is 12.0. The van der Waals surface area contributed by atoms with E-state index in [1.54, 1.807) is 6.07 Å². The van der Waals surface area contributed by atoms with Crippen LogP contribution in [-0.4, -0.2) is 20.2 Å². The lowest BCUT2D eigenvalue weighted by Gasteiger charge is -2.13. The highest BCUT2D eigenvalue weighted by Gasteiger charge is 2.18. The molecule has 0 radical (unpaired) electrons. The van der Waals surface area contributed by atoms with Crippen molar-refractivity contribution < 1.29 is 4.39 Å². The van der Waals surface area contributed by atoms with Crippen molar-refractivity contribution in [2.45, 2.75) is 20.3 Å². The Morgan fingerprint density at radius 1 is 1.32 bits per heavy atom. The Labute approximate surface area is 141 Å². The Balaban J connectivity index is 2.19. The molecule has 0 spiro atoms. The number of hydrogen-bond donors (Lipinski definition) is 3. The number of fused-ring (bicyclic) bond motifs is 2. The number of benzene rings is 1. The summed E-state index contributed by atoms with van der Waals surface area (Å²) in [4.78, 5) is 19.8. The maximum atomic E-state index is 14.0.